The standard InChI is InChI=1S/C14H17NO2/c1-11(9-12-5-3-2-4-6-12)14(17)15-8-7-13(16)10-15/h2-6,9,13,16H,7-8,10H2,1H3/b11-9-/t13-/m0/s1. The number of β-amino-alcohol motifs (C(OH)–C–C–N with tert-alkyl or cyclic N) is 1. The van der Waals surface area contributed by atoms with Crippen molar-refractivity contribution in [1.82, 2.24) is 4.90 Å². The summed E-state index contributed by atoms with van der Waals surface area (Å²) < 4.78 is 0. The van der Waals surface area contributed by atoms with Crippen molar-refractivity contribution in [3.63, 3.8) is 0 Å². The van der Waals surface area contributed by atoms with E-state index in [0.29, 0.717) is 25.1 Å². The van der Waals surface area contributed by atoms with Crippen LogP contribution in [-0.4, -0.2) is 35.1 Å². The lowest BCUT2D eigenvalue weighted by atomic mass is 10.1. The lowest BCUT2D eigenvalue weighted by Crippen LogP contribution is -2.30. The van der Waals surface area contributed by atoms with Crippen LogP contribution < -0.4 is 0 Å². The van der Waals surface area contributed by atoms with Crippen LogP contribution in [0.4, 0.5) is 0 Å². The molecule has 3 heteroatoms. The van der Waals surface area contributed by atoms with Crippen LogP contribution in [0.1, 0.15) is 18.9 Å². The first-order valence-corrected chi connectivity index (χ1v) is 5.87. The van der Waals surface area contributed by atoms with Crippen LogP contribution in [0.2, 0.25) is 0 Å². The highest BCUT2D eigenvalue weighted by atomic mass is 16.3. The van der Waals surface area contributed by atoms with E-state index < -0.39 is 0 Å². The van der Waals surface area contributed by atoms with Crippen molar-refractivity contribution in [1.29, 1.82) is 0 Å². The summed E-state index contributed by atoms with van der Waals surface area (Å²) in [5, 5.41) is 9.41. The fourth-order valence-corrected chi connectivity index (χ4v) is 2.04. The van der Waals surface area contributed by atoms with Crippen molar-refractivity contribution in [2.45, 2.75) is 19.4 Å². The molecule has 1 amide bonds. The minimum Gasteiger partial charge on any atom is -0.391 e. The third-order valence-corrected chi connectivity index (χ3v) is 2.97. The van der Waals surface area contributed by atoms with Crippen molar-refractivity contribution in [2.75, 3.05) is 13.1 Å². The van der Waals surface area contributed by atoms with Gasteiger partial charge in [-0.2, -0.15) is 0 Å². The summed E-state index contributed by atoms with van der Waals surface area (Å²) in [6.07, 6.45) is 2.21. The number of hydrogen-bond acceptors (Lipinski definition) is 2. The van der Waals surface area contributed by atoms with E-state index in [1.807, 2.05) is 43.3 Å². The number of carbonyl (C=O) groups excluding carboxylic acids is 1. The van der Waals surface area contributed by atoms with Crippen molar-refractivity contribution in [2.24, 2.45) is 0 Å². The summed E-state index contributed by atoms with van der Waals surface area (Å²) in [6.45, 7) is 2.93. The molecule has 2 rings (SSSR count). The predicted octanol–water partition coefficient (Wildman–Crippen LogP) is 1.68. The van der Waals surface area contributed by atoms with Gasteiger partial charge in [0.2, 0.25) is 5.91 Å². The molecule has 90 valence electrons. The van der Waals surface area contributed by atoms with Gasteiger partial charge in [0.05, 0.1) is 6.10 Å². The highest BCUT2D eigenvalue weighted by Crippen LogP contribution is 2.14. The summed E-state index contributed by atoms with van der Waals surface area (Å²) in [6, 6.07) is 9.78. The first-order chi connectivity index (χ1) is 8.16. The van der Waals surface area contributed by atoms with Crippen molar-refractivity contribution in [3.8, 4) is 0 Å². The number of amides is 1. The number of hydrogen-bond donors (Lipinski definition) is 1. The Morgan fingerprint density at radius 2 is 2.12 bits per heavy atom. The molecule has 0 spiro atoms. The number of benzene rings is 1. The monoisotopic (exact) mass is 231 g/mol. The Morgan fingerprint density at radius 1 is 1.41 bits per heavy atom. The van der Waals surface area contributed by atoms with Crippen LogP contribution >= 0.6 is 0 Å². The number of carbonyl (C=O) groups is 1. The first-order valence-electron chi connectivity index (χ1n) is 5.87. The average molecular weight is 231 g/mol. The lowest BCUT2D eigenvalue weighted by Gasteiger charge is -2.15. The minimum atomic E-state index is -0.358. The summed E-state index contributed by atoms with van der Waals surface area (Å²) in [5.74, 6) is 0.0189. The Kier molecular flexibility index (Phi) is 3.59. The fourth-order valence-electron chi connectivity index (χ4n) is 2.04. The molecule has 1 fully saturated rings. The summed E-state index contributed by atoms with van der Waals surface area (Å²) >= 11 is 0. The second kappa shape index (κ2) is 5.15. The second-order valence-corrected chi connectivity index (χ2v) is 4.43. The minimum absolute atomic E-state index is 0.0189. The molecule has 0 radical (unpaired) electrons. The maximum atomic E-state index is 12.0. The maximum absolute atomic E-state index is 12.0. The van der Waals surface area contributed by atoms with Crippen LogP contribution in [0.15, 0.2) is 35.9 Å². The molecule has 1 atom stereocenters. The highest BCUT2D eigenvalue weighted by molar-refractivity contribution is 5.97. The molecule has 3 nitrogen and oxygen atoms in total. The lowest BCUT2D eigenvalue weighted by molar-refractivity contribution is -0.126. The van der Waals surface area contributed by atoms with Crippen molar-refractivity contribution in [3.05, 3.63) is 41.5 Å². The van der Waals surface area contributed by atoms with Crippen LogP contribution in [-0.2, 0) is 4.79 Å². The zero-order chi connectivity index (χ0) is 12.3. The summed E-state index contributed by atoms with van der Waals surface area (Å²) in [4.78, 5) is 13.7. The molecule has 1 saturated heterocycles. The van der Waals surface area contributed by atoms with E-state index in [9.17, 15) is 9.90 Å². The molecule has 17 heavy (non-hydrogen) atoms. The number of nitrogens with zero attached hydrogens (tertiary/aromatic N) is 1. The van der Waals surface area contributed by atoms with E-state index in [1.54, 1.807) is 4.90 Å². The van der Waals surface area contributed by atoms with Gasteiger partial charge in [0, 0.05) is 18.7 Å². The number of likely N-dealkylation sites (tertiary alicyclic amines) is 1. The van der Waals surface area contributed by atoms with Gasteiger partial charge in [0.25, 0.3) is 0 Å². The molecule has 1 heterocycles. The number of aliphatic hydroxyl groups is 1. The molecule has 1 aromatic carbocycles. The molecule has 0 saturated carbocycles. The Bertz CT molecular complexity index is 425. The number of aliphatic hydroxyl groups excluding tert-OH is 1. The van der Waals surface area contributed by atoms with E-state index in [4.69, 9.17) is 0 Å². The molecule has 1 N–H and O–H groups in total. The third kappa shape index (κ3) is 2.94. The summed E-state index contributed by atoms with van der Waals surface area (Å²) in [7, 11) is 0. The zero-order valence-electron chi connectivity index (χ0n) is 9.97. The SMILES string of the molecule is C/C(=C/c1ccccc1)C(=O)N1CC[C@H](O)C1. The largest absolute Gasteiger partial charge is 0.391 e. The normalized spacial score (nSPS) is 20.7. The van der Waals surface area contributed by atoms with E-state index in [-0.39, 0.29) is 12.0 Å². The van der Waals surface area contributed by atoms with Crippen molar-refractivity contribution >= 4 is 12.0 Å². The molecular weight excluding hydrogens is 214 g/mol. The molecule has 1 aliphatic rings. The van der Waals surface area contributed by atoms with Gasteiger partial charge in [0.1, 0.15) is 0 Å². The van der Waals surface area contributed by atoms with Crippen LogP contribution in [0.5, 0.6) is 0 Å². The van der Waals surface area contributed by atoms with E-state index in [1.165, 1.54) is 0 Å². The molecule has 1 aliphatic heterocycles. The third-order valence-electron chi connectivity index (χ3n) is 2.97. The highest BCUT2D eigenvalue weighted by Gasteiger charge is 2.24. The van der Waals surface area contributed by atoms with Gasteiger partial charge < -0.3 is 10.0 Å². The van der Waals surface area contributed by atoms with Crippen LogP contribution in [0, 0.1) is 0 Å². The predicted molar refractivity (Wildman–Crippen MR) is 67.3 cm³/mol. The Labute approximate surface area is 101 Å². The Morgan fingerprint density at radius 3 is 2.71 bits per heavy atom. The summed E-state index contributed by atoms with van der Waals surface area (Å²) in [5.41, 5.74) is 1.74. The van der Waals surface area contributed by atoms with Crippen molar-refractivity contribution < 1.29 is 9.90 Å². The smallest absolute Gasteiger partial charge is 0.249 e. The Hall–Kier alpha value is -1.61. The van der Waals surface area contributed by atoms with Gasteiger partial charge in [-0.05, 0) is 25.0 Å². The van der Waals surface area contributed by atoms with E-state index in [2.05, 4.69) is 0 Å². The van der Waals surface area contributed by atoms with Gasteiger partial charge in [-0.1, -0.05) is 30.3 Å². The molecule has 0 aliphatic carbocycles. The molecule has 0 bridgehead atoms. The maximum Gasteiger partial charge on any atom is 0.249 e. The second-order valence-electron chi connectivity index (χ2n) is 4.43. The molecule has 0 aromatic heterocycles. The van der Waals surface area contributed by atoms with Crippen LogP contribution in [0.3, 0.4) is 0 Å². The average Bonchev–Trinajstić information content (AvgIpc) is 2.76. The fraction of sp³-hybridized carbons (Fsp3) is 0.357. The first kappa shape index (κ1) is 11.9. The zero-order valence-corrected chi connectivity index (χ0v) is 9.97. The van der Waals surface area contributed by atoms with E-state index in [0.717, 1.165) is 5.56 Å². The Balaban J connectivity index is 2.07. The molecular formula is C14H17NO2. The quantitative estimate of drug-likeness (QED) is 0.787. The topological polar surface area (TPSA) is 40.5 Å². The number of rotatable bonds is 2. The van der Waals surface area contributed by atoms with Gasteiger partial charge in [0.15, 0.2) is 0 Å². The molecule has 1 aromatic rings. The van der Waals surface area contributed by atoms with Gasteiger partial charge in [-0.15, -0.1) is 0 Å². The van der Waals surface area contributed by atoms with Crippen LogP contribution in [0.25, 0.3) is 6.08 Å². The molecule has 0 unspecified atom stereocenters. The van der Waals surface area contributed by atoms with E-state index >= 15 is 0 Å². The van der Waals surface area contributed by atoms with Gasteiger partial charge in [-0.3, -0.25) is 4.79 Å². The van der Waals surface area contributed by atoms with Gasteiger partial charge >= 0.3 is 0 Å². The van der Waals surface area contributed by atoms with Gasteiger partial charge in [-0.25, -0.2) is 0 Å².